The molecular weight excluding hydrogens is 278 g/mol. The fourth-order valence-electron chi connectivity index (χ4n) is 2.31. The van der Waals surface area contributed by atoms with Gasteiger partial charge in [-0.15, -0.1) is 0 Å². The van der Waals surface area contributed by atoms with E-state index < -0.39 is 11.3 Å². The van der Waals surface area contributed by atoms with Gasteiger partial charge in [-0.2, -0.15) is 0 Å². The Morgan fingerprint density at radius 3 is 2.18 bits per heavy atom. The van der Waals surface area contributed by atoms with Crippen molar-refractivity contribution in [2.24, 2.45) is 5.41 Å². The van der Waals surface area contributed by atoms with Crippen molar-refractivity contribution >= 4 is 5.91 Å². The molecule has 2 aromatic carbocycles. The van der Waals surface area contributed by atoms with Crippen molar-refractivity contribution in [2.45, 2.75) is 19.8 Å². The highest BCUT2D eigenvalue weighted by Crippen LogP contribution is 2.25. The first kappa shape index (κ1) is 16.2. The van der Waals surface area contributed by atoms with Crippen LogP contribution in [-0.4, -0.2) is 22.8 Å². The maximum absolute atomic E-state index is 11.6. The summed E-state index contributed by atoms with van der Waals surface area (Å²) in [5, 5.41) is 18.1. The minimum atomic E-state index is -0.979. The number of aryl methyl sites for hydroxylation is 1. The second-order valence-corrected chi connectivity index (χ2v) is 5.72. The molecule has 116 valence electrons. The maximum atomic E-state index is 11.6. The van der Waals surface area contributed by atoms with E-state index >= 15 is 0 Å². The van der Waals surface area contributed by atoms with Gasteiger partial charge in [0.2, 0.25) is 0 Å². The van der Waals surface area contributed by atoms with Gasteiger partial charge in [0.05, 0.1) is 12.0 Å². The molecule has 0 saturated heterocycles. The number of hydrogen-bond donors (Lipinski definition) is 3. The monoisotopic (exact) mass is 299 g/mol. The molecule has 4 heteroatoms. The maximum Gasteiger partial charge on any atom is 0.251 e. The minimum absolute atomic E-state index is 0.304. The quantitative estimate of drug-likeness (QED) is 0.567. The lowest BCUT2D eigenvalue weighted by Gasteiger charge is -2.24. The summed E-state index contributed by atoms with van der Waals surface area (Å²) in [5.41, 5.74) is 4.04. The third-order valence-electron chi connectivity index (χ3n) is 4.03. The SMILES string of the molecule is CC(CO)(CCc1ccc(-c2ccccc2)cc1)C(=O)NO. The average molecular weight is 299 g/mol. The highest BCUT2D eigenvalue weighted by atomic mass is 16.5. The normalized spacial score (nSPS) is 13.4. The summed E-state index contributed by atoms with van der Waals surface area (Å²) in [5.74, 6) is -0.559. The molecule has 2 rings (SSSR count). The first-order valence-corrected chi connectivity index (χ1v) is 7.29. The second-order valence-electron chi connectivity index (χ2n) is 5.72. The topological polar surface area (TPSA) is 69.6 Å². The largest absolute Gasteiger partial charge is 0.395 e. The smallest absolute Gasteiger partial charge is 0.251 e. The Kier molecular flexibility index (Phi) is 5.31. The molecule has 1 atom stereocenters. The predicted molar refractivity (Wildman–Crippen MR) is 85.3 cm³/mol. The summed E-state index contributed by atoms with van der Waals surface area (Å²) in [4.78, 5) is 11.6. The molecule has 0 aliphatic carbocycles. The molecule has 0 aromatic heterocycles. The first-order valence-electron chi connectivity index (χ1n) is 7.29. The van der Waals surface area contributed by atoms with Crippen molar-refractivity contribution in [3.8, 4) is 11.1 Å². The number of carbonyl (C=O) groups is 1. The van der Waals surface area contributed by atoms with Gasteiger partial charge in [-0.25, -0.2) is 5.48 Å². The molecule has 0 heterocycles. The number of hydrogen-bond acceptors (Lipinski definition) is 3. The summed E-state index contributed by atoms with van der Waals surface area (Å²) < 4.78 is 0. The first-order chi connectivity index (χ1) is 10.6. The summed E-state index contributed by atoms with van der Waals surface area (Å²) in [7, 11) is 0. The van der Waals surface area contributed by atoms with Crippen LogP contribution in [0.1, 0.15) is 18.9 Å². The van der Waals surface area contributed by atoms with Crippen LogP contribution in [-0.2, 0) is 11.2 Å². The van der Waals surface area contributed by atoms with Crippen molar-refractivity contribution in [1.29, 1.82) is 0 Å². The van der Waals surface area contributed by atoms with Gasteiger partial charge in [0, 0.05) is 0 Å². The highest BCUT2D eigenvalue weighted by molar-refractivity contribution is 5.81. The van der Waals surface area contributed by atoms with E-state index in [1.165, 1.54) is 0 Å². The van der Waals surface area contributed by atoms with Gasteiger partial charge in [-0.1, -0.05) is 54.6 Å². The Morgan fingerprint density at radius 1 is 1.05 bits per heavy atom. The number of rotatable bonds is 6. The molecular formula is C18H21NO3. The number of amides is 1. The lowest BCUT2D eigenvalue weighted by molar-refractivity contribution is -0.141. The second kappa shape index (κ2) is 7.20. The predicted octanol–water partition coefficient (Wildman–Crippen LogP) is 2.79. The van der Waals surface area contributed by atoms with Crippen LogP contribution in [0.4, 0.5) is 0 Å². The Balaban J connectivity index is 2.04. The standard InChI is InChI=1S/C18H21NO3/c1-18(13-20,17(21)19-22)12-11-14-7-9-16(10-8-14)15-5-3-2-4-6-15/h2-10,20,22H,11-13H2,1H3,(H,19,21). The zero-order valence-corrected chi connectivity index (χ0v) is 12.6. The molecule has 0 spiro atoms. The van der Waals surface area contributed by atoms with Crippen molar-refractivity contribution < 1.29 is 15.1 Å². The van der Waals surface area contributed by atoms with Crippen LogP contribution >= 0.6 is 0 Å². The van der Waals surface area contributed by atoms with Gasteiger partial charge in [0.25, 0.3) is 5.91 Å². The van der Waals surface area contributed by atoms with Gasteiger partial charge >= 0.3 is 0 Å². The molecule has 0 saturated carbocycles. The van der Waals surface area contributed by atoms with Gasteiger partial charge in [-0.3, -0.25) is 10.0 Å². The average Bonchev–Trinajstić information content (AvgIpc) is 2.60. The number of hydroxylamine groups is 1. The van der Waals surface area contributed by atoms with E-state index in [4.69, 9.17) is 5.21 Å². The van der Waals surface area contributed by atoms with Gasteiger partial charge in [0.1, 0.15) is 0 Å². The van der Waals surface area contributed by atoms with E-state index in [-0.39, 0.29) is 6.61 Å². The fourth-order valence-corrected chi connectivity index (χ4v) is 2.31. The van der Waals surface area contributed by atoms with Crippen molar-refractivity contribution in [2.75, 3.05) is 6.61 Å². The van der Waals surface area contributed by atoms with E-state index in [9.17, 15) is 9.90 Å². The van der Waals surface area contributed by atoms with Gasteiger partial charge < -0.3 is 5.11 Å². The summed E-state index contributed by atoms with van der Waals surface area (Å²) in [6.45, 7) is 1.33. The van der Waals surface area contributed by atoms with Crippen molar-refractivity contribution in [3.63, 3.8) is 0 Å². The zero-order chi connectivity index (χ0) is 16.0. The summed E-state index contributed by atoms with van der Waals surface area (Å²) >= 11 is 0. The number of aliphatic hydroxyl groups is 1. The van der Waals surface area contributed by atoms with E-state index in [0.29, 0.717) is 12.8 Å². The molecule has 0 fully saturated rings. The van der Waals surface area contributed by atoms with Crippen LogP contribution in [0.25, 0.3) is 11.1 Å². The molecule has 0 radical (unpaired) electrons. The number of aliphatic hydroxyl groups excluding tert-OH is 1. The Morgan fingerprint density at radius 2 is 1.64 bits per heavy atom. The van der Waals surface area contributed by atoms with Crippen molar-refractivity contribution in [1.82, 2.24) is 5.48 Å². The number of benzene rings is 2. The molecule has 0 aliphatic heterocycles. The number of nitrogens with one attached hydrogen (secondary N) is 1. The number of carbonyl (C=O) groups excluding carboxylic acids is 1. The fraction of sp³-hybridized carbons (Fsp3) is 0.278. The lowest BCUT2D eigenvalue weighted by Crippen LogP contribution is -2.40. The van der Waals surface area contributed by atoms with E-state index in [0.717, 1.165) is 16.7 Å². The van der Waals surface area contributed by atoms with E-state index in [1.54, 1.807) is 12.4 Å². The van der Waals surface area contributed by atoms with Crippen LogP contribution in [0.3, 0.4) is 0 Å². The zero-order valence-electron chi connectivity index (χ0n) is 12.6. The van der Waals surface area contributed by atoms with Gasteiger partial charge in [-0.05, 0) is 36.5 Å². The van der Waals surface area contributed by atoms with Crippen LogP contribution < -0.4 is 5.48 Å². The summed E-state index contributed by atoms with van der Waals surface area (Å²) in [6.07, 6.45) is 1.11. The Bertz CT molecular complexity index is 610. The lowest BCUT2D eigenvalue weighted by atomic mass is 9.84. The van der Waals surface area contributed by atoms with Crippen LogP contribution in [0.2, 0.25) is 0 Å². The Labute approximate surface area is 130 Å². The van der Waals surface area contributed by atoms with E-state index in [1.807, 2.05) is 42.5 Å². The molecule has 1 unspecified atom stereocenters. The van der Waals surface area contributed by atoms with Crippen LogP contribution in [0, 0.1) is 5.41 Å². The van der Waals surface area contributed by atoms with Crippen LogP contribution in [0.5, 0.6) is 0 Å². The van der Waals surface area contributed by atoms with E-state index in [2.05, 4.69) is 12.1 Å². The molecule has 0 aliphatic rings. The molecule has 0 bridgehead atoms. The van der Waals surface area contributed by atoms with Gasteiger partial charge in [0.15, 0.2) is 0 Å². The minimum Gasteiger partial charge on any atom is -0.395 e. The molecule has 2 aromatic rings. The molecule has 4 nitrogen and oxygen atoms in total. The molecule has 1 amide bonds. The van der Waals surface area contributed by atoms with Crippen LogP contribution in [0.15, 0.2) is 54.6 Å². The Hall–Kier alpha value is -2.17. The highest BCUT2D eigenvalue weighted by Gasteiger charge is 2.31. The summed E-state index contributed by atoms with van der Waals surface area (Å²) in [6, 6.07) is 18.3. The van der Waals surface area contributed by atoms with Crippen molar-refractivity contribution in [3.05, 3.63) is 60.2 Å². The third-order valence-corrected chi connectivity index (χ3v) is 4.03. The third kappa shape index (κ3) is 3.72. The molecule has 3 N–H and O–H groups in total. The molecule has 22 heavy (non-hydrogen) atoms.